The summed E-state index contributed by atoms with van der Waals surface area (Å²) in [5.41, 5.74) is 12.5. The van der Waals surface area contributed by atoms with E-state index in [1.807, 2.05) is 30.3 Å². The number of amides is 1. The molecule has 0 saturated heterocycles. The summed E-state index contributed by atoms with van der Waals surface area (Å²) >= 11 is 0. The van der Waals surface area contributed by atoms with E-state index in [9.17, 15) is 9.59 Å². The molecule has 0 aliphatic rings. The zero-order valence-corrected chi connectivity index (χ0v) is 16.4. The Morgan fingerprint density at radius 3 is 2.52 bits per heavy atom. The highest BCUT2D eigenvalue weighted by molar-refractivity contribution is 5.83. The van der Waals surface area contributed by atoms with Crippen LogP contribution in [0.3, 0.4) is 0 Å². The Hall–Kier alpha value is -2.41. The van der Waals surface area contributed by atoms with Crippen molar-refractivity contribution in [2.45, 2.75) is 51.2 Å². The monoisotopic (exact) mass is 376 g/mol. The molecule has 0 saturated carbocycles. The van der Waals surface area contributed by atoms with Crippen molar-refractivity contribution in [1.29, 1.82) is 0 Å². The van der Waals surface area contributed by atoms with E-state index in [0.717, 1.165) is 24.8 Å². The first-order valence-corrected chi connectivity index (χ1v) is 9.35. The van der Waals surface area contributed by atoms with Gasteiger partial charge in [0.25, 0.3) is 0 Å². The summed E-state index contributed by atoms with van der Waals surface area (Å²) in [6.45, 7) is 0.691. The number of ketones is 1. The van der Waals surface area contributed by atoms with Crippen LogP contribution in [0.2, 0.25) is 0 Å². The summed E-state index contributed by atoms with van der Waals surface area (Å²) in [5.74, 6) is 0.648. The molecule has 1 aromatic rings. The minimum absolute atomic E-state index is 0.0261. The van der Waals surface area contributed by atoms with Gasteiger partial charge in [-0.3, -0.25) is 9.79 Å². The van der Waals surface area contributed by atoms with Crippen molar-refractivity contribution in [2.24, 2.45) is 16.5 Å². The fourth-order valence-corrected chi connectivity index (χ4v) is 2.54. The molecule has 0 radical (unpaired) electrons. The normalized spacial score (nSPS) is 12.5. The molecule has 1 atom stereocenters. The number of rotatable bonds is 12. The van der Waals surface area contributed by atoms with Gasteiger partial charge in [-0.15, -0.1) is 0 Å². The van der Waals surface area contributed by atoms with Crippen LogP contribution < -0.4 is 11.5 Å². The lowest BCUT2D eigenvalue weighted by Gasteiger charge is -2.17. The van der Waals surface area contributed by atoms with E-state index in [0.29, 0.717) is 31.6 Å². The summed E-state index contributed by atoms with van der Waals surface area (Å²) in [4.78, 5) is 29.4. The summed E-state index contributed by atoms with van der Waals surface area (Å²) < 4.78 is 5.25. The van der Waals surface area contributed by atoms with Crippen molar-refractivity contribution in [3.8, 4) is 0 Å². The zero-order valence-electron chi connectivity index (χ0n) is 16.4. The topological polar surface area (TPSA) is 111 Å². The number of Topliss-reactive ketones (excluding diaryl/α,β-unsaturated/α-hetero) is 1. The number of aliphatic imine (C=N–C) groups is 1. The van der Waals surface area contributed by atoms with E-state index < -0.39 is 12.1 Å². The van der Waals surface area contributed by atoms with Crippen LogP contribution in [0, 0.1) is 0 Å². The number of benzene rings is 1. The molecule has 1 rings (SSSR count). The highest BCUT2D eigenvalue weighted by Gasteiger charge is 2.15. The van der Waals surface area contributed by atoms with Crippen LogP contribution in [-0.2, 0) is 16.1 Å². The maximum atomic E-state index is 12.1. The van der Waals surface area contributed by atoms with Gasteiger partial charge in [0.1, 0.15) is 12.4 Å². The van der Waals surface area contributed by atoms with Gasteiger partial charge < -0.3 is 21.1 Å². The third kappa shape index (κ3) is 9.75. The van der Waals surface area contributed by atoms with Crippen molar-refractivity contribution < 1.29 is 14.3 Å². The van der Waals surface area contributed by atoms with E-state index >= 15 is 0 Å². The molecule has 0 bridgehead atoms. The summed E-state index contributed by atoms with van der Waals surface area (Å²) in [6.07, 6.45) is 3.62. The third-order valence-corrected chi connectivity index (χ3v) is 4.33. The van der Waals surface area contributed by atoms with E-state index in [1.165, 1.54) is 4.90 Å². The van der Waals surface area contributed by atoms with Crippen molar-refractivity contribution in [3.63, 3.8) is 0 Å². The quantitative estimate of drug-likeness (QED) is 0.331. The number of carbonyl (C=O) groups is 2. The summed E-state index contributed by atoms with van der Waals surface area (Å²) in [7, 11) is 3.33. The van der Waals surface area contributed by atoms with Gasteiger partial charge in [-0.25, -0.2) is 4.79 Å². The molecule has 0 aromatic heterocycles. The molecule has 7 nitrogen and oxygen atoms in total. The first-order chi connectivity index (χ1) is 12.9. The molecule has 0 aliphatic carbocycles. The second kappa shape index (κ2) is 12.9. The third-order valence-electron chi connectivity index (χ3n) is 4.33. The first kappa shape index (κ1) is 22.6. The number of hydrogen-bond acceptors (Lipinski definition) is 5. The lowest BCUT2D eigenvalue weighted by atomic mass is 10.0. The fraction of sp³-hybridized carbons (Fsp3) is 0.550. The molecular formula is C20H32N4O3. The molecule has 27 heavy (non-hydrogen) atoms. The average Bonchev–Trinajstić information content (AvgIpc) is 2.69. The van der Waals surface area contributed by atoms with E-state index in [1.54, 1.807) is 14.1 Å². The standard InChI is InChI=1S/C20H32N4O3/c1-23-19(22)13-7-6-11-17(21)18(25)12-8-14-24(2)20(26)27-15-16-9-4-3-5-10-16/h3-5,9-10,17H,6-8,11-15,21H2,1-2H3,(H2,22,23)/t17-/m0/s1. The van der Waals surface area contributed by atoms with Crippen LogP contribution in [0.4, 0.5) is 4.79 Å². The van der Waals surface area contributed by atoms with Crippen LogP contribution in [0.15, 0.2) is 35.3 Å². The molecule has 0 fully saturated rings. The Kier molecular flexibility index (Phi) is 10.8. The number of carbonyl (C=O) groups excluding carboxylic acids is 2. The van der Waals surface area contributed by atoms with Gasteiger partial charge >= 0.3 is 6.09 Å². The number of nitrogens with two attached hydrogens (primary N) is 2. The SMILES string of the molecule is CN=C(N)CCCC[C@H](N)C(=O)CCCN(C)C(=O)OCc1ccccc1. The molecule has 150 valence electrons. The van der Waals surface area contributed by atoms with Gasteiger partial charge in [0.2, 0.25) is 0 Å². The minimum Gasteiger partial charge on any atom is -0.445 e. The Morgan fingerprint density at radius 1 is 1.15 bits per heavy atom. The van der Waals surface area contributed by atoms with Crippen molar-refractivity contribution in [1.82, 2.24) is 4.90 Å². The first-order valence-electron chi connectivity index (χ1n) is 9.35. The number of ether oxygens (including phenoxy) is 1. The molecular weight excluding hydrogens is 344 g/mol. The molecule has 4 N–H and O–H groups in total. The minimum atomic E-state index is -0.458. The Morgan fingerprint density at radius 2 is 1.85 bits per heavy atom. The average molecular weight is 377 g/mol. The maximum absolute atomic E-state index is 12.1. The van der Waals surface area contributed by atoms with Crippen molar-refractivity contribution in [2.75, 3.05) is 20.6 Å². The molecule has 0 unspecified atom stereocenters. The molecule has 1 amide bonds. The number of nitrogens with zero attached hydrogens (tertiary/aromatic N) is 2. The lowest BCUT2D eigenvalue weighted by Crippen LogP contribution is -2.32. The summed E-state index contributed by atoms with van der Waals surface area (Å²) in [6, 6.07) is 9.05. The van der Waals surface area contributed by atoms with Gasteiger partial charge in [0, 0.05) is 33.5 Å². The van der Waals surface area contributed by atoms with Gasteiger partial charge in [0.05, 0.1) is 11.9 Å². The fourth-order valence-electron chi connectivity index (χ4n) is 2.54. The second-order valence-corrected chi connectivity index (χ2v) is 6.60. The lowest BCUT2D eigenvalue weighted by molar-refractivity contribution is -0.120. The van der Waals surface area contributed by atoms with Crippen LogP contribution in [-0.4, -0.2) is 49.3 Å². The maximum Gasteiger partial charge on any atom is 0.409 e. The van der Waals surface area contributed by atoms with E-state index in [4.69, 9.17) is 16.2 Å². The van der Waals surface area contributed by atoms with Gasteiger partial charge in [0.15, 0.2) is 0 Å². The molecule has 0 aliphatic heterocycles. The molecule has 0 heterocycles. The van der Waals surface area contributed by atoms with Gasteiger partial charge in [-0.05, 0) is 24.8 Å². The molecule has 7 heteroatoms. The highest BCUT2D eigenvalue weighted by atomic mass is 16.6. The largest absolute Gasteiger partial charge is 0.445 e. The number of amidine groups is 1. The van der Waals surface area contributed by atoms with Crippen LogP contribution >= 0.6 is 0 Å². The van der Waals surface area contributed by atoms with Crippen LogP contribution in [0.25, 0.3) is 0 Å². The molecule has 0 spiro atoms. The predicted octanol–water partition coefficient (Wildman–Crippen LogP) is 2.48. The van der Waals surface area contributed by atoms with Crippen molar-refractivity contribution in [3.05, 3.63) is 35.9 Å². The van der Waals surface area contributed by atoms with Crippen LogP contribution in [0.1, 0.15) is 44.1 Å². The Balaban J connectivity index is 2.16. The smallest absolute Gasteiger partial charge is 0.409 e. The van der Waals surface area contributed by atoms with Crippen LogP contribution in [0.5, 0.6) is 0 Å². The van der Waals surface area contributed by atoms with Gasteiger partial charge in [-0.2, -0.15) is 0 Å². The van der Waals surface area contributed by atoms with E-state index in [-0.39, 0.29) is 12.4 Å². The Bertz CT molecular complexity index is 605. The van der Waals surface area contributed by atoms with E-state index in [2.05, 4.69) is 4.99 Å². The predicted molar refractivity (Wildman–Crippen MR) is 107 cm³/mol. The molecule has 1 aromatic carbocycles. The summed E-state index contributed by atoms with van der Waals surface area (Å²) in [5, 5.41) is 0. The second-order valence-electron chi connectivity index (χ2n) is 6.60. The number of unbranched alkanes of at least 4 members (excludes halogenated alkanes) is 1. The zero-order chi connectivity index (χ0) is 20.1. The van der Waals surface area contributed by atoms with Gasteiger partial charge in [-0.1, -0.05) is 36.8 Å². The van der Waals surface area contributed by atoms with Crippen molar-refractivity contribution >= 4 is 17.7 Å². The highest BCUT2D eigenvalue weighted by Crippen LogP contribution is 2.07. The number of hydrogen-bond donors (Lipinski definition) is 2. The Labute approximate surface area is 161 Å².